The van der Waals surface area contributed by atoms with Gasteiger partial charge in [-0.05, 0) is 26.7 Å². The second kappa shape index (κ2) is 3.34. The van der Waals surface area contributed by atoms with E-state index in [-0.39, 0.29) is 0 Å². The third-order valence-electron chi connectivity index (χ3n) is 1.86. The molecule has 0 saturated heterocycles. The average Bonchev–Trinajstić information content (AvgIpc) is 2.11. The first-order valence-electron chi connectivity index (χ1n) is 3.89. The maximum atomic E-state index is 8.67. The van der Waals surface area contributed by atoms with Crippen molar-refractivity contribution in [2.24, 2.45) is 4.99 Å². The Hall–Kier alpha value is -1.10. The van der Waals surface area contributed by atoms with Crippen LogP contribution in [-0.4, -0.2) is 11.8 Å². The molecule has 1 aliphatic rings. The van der Waals surface area contributed by atoms with Crippen LogP contribution in [0.2, 0.25) is 0 Å². The van der Waals surface area contributed by atoms with Gasteiger partial charge in [0.1, 0.15) is 6.07 Å². The SMILES string of the molecule is CC1=NC(C)CCC=C1C#N. The minimum Gasteiger partial charge on any atom is -0.286 e. The smallest absolute Gasteiger partial charge is 0.101 e. The van der Waals surface area contributed by atoms with E-state index < -0.39 is 0 Å². The van der Waals surface area contributed by atoms with E-state index in [0.717, 1.165) is 24.1 Å². The monoisotopic (exact) mass is 148 g/mol. The van der Waals surface area contributed by atoms with Crippen LogP contribution < -0.4 is 0 Å². The fourth-order valence-electron chi connectivity index (χ4n) is 1.21. The maximum Gasteiger partial charge on any atom is 0.101 e. The summed E-state index contributed by atoms with van der Waals surface area (Å²) in [4.78, 5) is 4.35. The van der Waals surface area contributed by atoms with E-state index in [9.17, 15) is 0 Å². The van der Waals surface area contributed by atoms with Gasteiger partial charge in [-0.15, -0.1) is 0 Å². The molecule has 1 atom stereocenters. The standard InChI is InChI=1S/C9H12N2/c1-7-4-3-5-9(6-10)8(2)11-7/h5,7H,3-4H2,1-2H3. The van der Waals surface area contributed by atoms with Gasteiger partial charge in [-0.1, -0.05) is 6.08 Å². The van der Waals surface area contributed by atoms with E-state index in [1.165, 1.54) is 0 Å². The first kappa shape index (κ1) is 8.00. The Balaban J connectivity index is 2.88. The Labute approximate surface area is 67.3 Å². The number of nitriles is 1. The molecule has 11 heavy (non-hydrogen) atoms. The number of rotatable bonds is 0. The average molecular weight is 148 g/mol. The van der Waals surface area contributed by atoms with Crippen molar-refractivity contribution in [3.63, 3.8) is 0 Å². The molecule has 0 radical (unpaired) electrons. The van der Waals surface area contributed by atoms with Crippen LogP contribution in [0.1, 0.15) is 26.7 Å². The molecule has 2 heteroatoms. The van der Waals surface area contributed by atoms with E-state index in [4.69, 9.17) is 5.26 Å². The van der Waals surface area contributed by atoms with Crippen LogP contribution in [0.5, 0.6) is 0 Å². The molecule has 1 rings (SSSR count). The lowest BCUT2D eigenvalue weighted by Gasteiger charge is -2.00. The minimum absolute atomic E-state index is 0.372. The first-order valence-corrected chi connectivity index (χ1v) is 3.89. The molecule has 0 saturated carbocycles. The lowest BCUT2D eigenvalue weighted by molar-refractivity contribution is 0.684. The summed E-state index contributed by atoms with van der Waals surface area (Å²) in [6.45, 7) is 3.98. The summed E-state index contributed by atoms with van der Waals surface area (Å²) in [6.07, 6.45) is 4.01. The van der Waals surface area contributed by atoms with Crippen molar-refractivity contribution in [2.75, 3.05) is 0 Å². The Kier molecular flexibility index (Phi) is 2.43. The van der Waals surface area contributed by atoms with Crippen molar-refractivity contribution in [3.05, 3.63) is 11.6 Å². The zero-order chi connectivity index (χ0) is 8.27. The third-order valence-corrected chi connectivity index (χ3v) is 1.86. The Bertz CT molecular complexity index is 243. The van der Waals surface area contributed by atoms with E-state index in [1.807, 2.05) is 13.0 Å². The van der Waals surface area contributed by atoms with Crippen molar-refractivity contribution in [3.8, 4) is 6.07 Å². The van der Waals surface area contributed by atoms with Crippen LogP contribution >= 0.6 is 0 Å². The van der Waals surface area contributed by atoms with Gasteiger partial charge < -0.3 is 0 Å². The summed E-state index contributed by atoms with van der Waals surface area (Å²) >= 11 is 0. The molecule has 2 nitrogen and oxygen atoms in total. The summed E-state index contributed by atoms with van der Waals surface area (Å²) in [5, 5.41) is 8.67. The van der Waals surface area contributed by atoms with Crippen molar-refractivity contribution < 1.29 is 0 Å². The molecule has 1 heterocycles. The van der Waals surface area contributed by atoms with Gasteiger partial charge in [0, 0.05) is 11.8 Å². The van der Waals surface area contributed by atoms with Crippen LogP contribution in [-0.2, 0) is 0 Å². The Morgan fingerprint density at radius 3 is 3.09 bits per heavy atom. The second-order valence-corrected chi connectivity index (χ2v) is 2.87. The van der Waals surface area contributed by atoms with E-state index in [1.54, 1.807) is 0 Å². The molecule has 0 aromatic carbocycles. The lowest BCUT2D eigenvalue weighted by Crippen LogP contribution is -2.00. The molecule has 1 aliphatic heterocycles. The molecule has 58 valence electrons. The van der Waals surface area contributed by atoms with Crippen LogP contribution in [0.25, 0.3) is 0 Å². The molecule has 0 amide bonds. The van der Waals surface area contributed by atoms with Gasteiger partial charge in [-0.2, -0.15) is 5.26 Å². The highest BCUT2D eigenvalue weighted by Crippen LogP contribution is 2.11. The fraction of sp³-hybridized carbons (Fsp3) is 0.556. The van der Waals surface area contributed by atoms with Gasteiger partial charge in [0.15, 0.2) is 0 Å². The minimum atomic E-state index is 0.372. The zero-order valence-electron chi connectivity index (χ0n) is 6.96. The summed E-state index contributed by atoms with van der Waals surface area (Å²) in [6, 6.07) is 2.52. The fourth-order valence-corrected chi connectivity index (χ4v) is 1.21. The van der Waals surface area contributed by atoms with Crippen LogP contribution in [0.15, 0.2) is 16.6 Å². The quantitative estimate of drug-likeness (QED) is 0.518. The molecule has 1 unspecified atom stereocenters. The van der Waals surface area contributed by atoms with E-state index in [2.05, 4.69) is 18.0 Å². The summed E-state index contributed by atoms with van der Waals surface area (Å²) in [7, 11) is 0. The summed E-state index contributed by atoms with van der Waals surface area (Å²) in [5.41, 5.74) is 1.63. The van der Waals surface area contributed by atoms with Crippen LogP contribution in [0.3, 0.4) is 0 Å². The van der Waals surface area contributed by atoms with Crippen LogP contribution in [0, 0.1) is 11.3 Å². The highest BCUT2D eigenvalue weighted by molar-refractivity contribution is 6.01. The molecular formula is C9H12N2. The van der Waals surface area contributed by atoms with E-state index >= 15 is 0 Å². The first-order chi connectivity index (χ1) is 5.24. The molecule has 0 N–H and O–H groups in total. The zero-order valence-corrected chi connectivity index (χ0v) is 6.96. The molecule has 0 aromatic heterocycles. The number of hydrogen-bond acceptors (Lipinski definition) is 2. The van der Waals surface area contributed by atoms with Crippen molar-refractivity contribution >= 4 is 5.71 Å². The molecule has 0 spiro atoms. The lowest BCUT2D eigenvalue weighted by atomic mass is 10.1. The Morgan fingerprint density at radius 2 is 2.45 bits per heavy atom. The van der Waals surface area contributed by atoms with E-state index in [0.29, 0.717) is 6.04 Å². The van der Waals surface area contributed by atoms with Crippen molar-refractivity contribution in [1.82, 2.24) is 0 Å². The highest BCUT2D eigenvalue weighted by Gasteiger charge is 2.07. The molecular weight excluding hydrogens is 136 g/mol. The number of aliphatic imine (C=N–C) groups is 1. The predicted molar refractivity (Wildman–Crippen MR) is 45.5 cm³/mol. The molecule has 0 aliphatic carbocycles. The number of hydrogen-bond donors (Lipinski definition) is 0. The number of allylic oxidation sites excluding steroid dienone is 2. The van der Waals surface area contributed by atoms with Crippen molar-refractivity contribution in [2.45, 2.75) is 32.7 Å². The maximum absolute atomic E-state index is 8.67. The second-order valence-electron chi connectivity index (χ2n) is 2.87. The van der Waals surface area contributed by atoms with Gasteiger partial charge >= 0.3 is 0 Å². The summed E-state index contributed by atoms with van der Waals surface area (Å²) in [5.74, 6) is 0. The molecule has 0 aromatic rings. The Morgan fingerprint density at radius 1 is 1.73 bits per heavy atom. The van der Waals surface area contributed by atoms with Crippen LogP contribution in [0.4, 0.5) is 0 Å². The molecule has 0 fully saturated rings. The van der Waals surface area contributed by atoms with Crippen molar-refractivity contribution in [1.29, 1.82) is 5.26 Å². The van der Waals surface area contributed by atoms with Gasteiger partial charge in [-0.25, -0.2) is 0 Å². The largest absolute Gasteiger partial charge is 0.286 e. The predicted octanol–water partition coefficient (Wildman–Crippen LogP) is 2.08. The van der Waals surface area contributed by atoms with Gasteiger partial charge in [0.2, 0.25) is 0 Å². The van der Waals surface area contributed by atoms with Gasteiger partial charge in [0.05, 0.1) is 5.57 Å². The van der Waals surface area contributed by atoms with Gasteiger partial charge in [0.25, 0.3) is 0 Å². The highest BCUT2D eigenvalue weighted by atomic mass is 14.8. The molecule has 0 bridgehead atoms. The van der Waals surface area contributed by atoms with Gasteiger partial charge in [-0.3, -0.25) is 4.99 Å². The third kappa shape index (κ3) is 1.91. The number of nitrogens with zero attached hydrogens (tertiary/aromatic N) is 2. The topological polar surface area (TPSA) is 36.1 Å². The summed E-state index contributed by atoms with van der Waals surface area (Å²) < 4.78 is 0. The normalized spacial score (nSPS) is 24.6.